The Bertz CT molecular complexity index is 101. The third-order valence-corrected chi connectivity index (χ3v) is 2.45. The average Bonchev–Trinajstić information content (AvgIpc) is 2.62. The summed E-state index contributed by atoms with van der Waals surface area (Å²) in [6.07, 6.45) is 2.74. The molecule has 1 saturated carbocycles. The van der Waals surface area contributed by atoms with Crippen molar-refractivity contribution in [3.8, 4) is 0 Å². The first kappa shape index (κ1) is 8.06. The molecule has 0 aromatic heterocycles. The van der Waals surface area contributed by atoms with E-state index in [1.807, 2.05) is 0 Å². The minimum absolute atomic E-state index is 0.935. The molecule has 1 heteroatoms. The SMILES string of the molecule is CCCN(CC)C1CC1C. The predicted molar refractivity (Wildman–Crippen MR) is 45.1 cm³/mol. The van der Waals surface area contributed by atoms with Crippen molar-refractivity contribution >= 4 is 0 Å². The zero-order valence-electron chi connectivity index (χ0n) is 7.43. The molecule has 1 rings (SSSR count). The summed E-state index contributed by atoms with van der Waals surface area (Å²) in [4.78, 5) is 2.60. The van der Waals surface area contributed by atoms with E-state index in [1.165, 1.54) is 25.9 Å². The smallest absolute Gasteiger partial charge is 0.0124 e. The van der Waals surface area contributed by atoms with Crippen LogP contribution in [0, 0.1) is 5.92 Å². The molecule has 1 aliphatic rings. The summed E-state index contributed by atoms with van der Waals surface area (Å²) >= 11 is 0. The summed E-state index contributed by atoms with van der Waals surface area (Å²) in [5.41, 5.74) is 0. The summed E-state index contributed by atoms with van der Waals surface area (Å²) in [5, 5.41) is 0. The van der Waals surface area contributed by atoms with Crippen LogP contribution in [-0.4, -0.2) is 24.0 Å². The number of hydrogen-bond donors (Lipinski definition) is 0. The van der Waals surface area contributed by atoms with Gasteiger partial charge in [-0.05, 0) is 31.8 Å². The molecule has 0 aromatic carbocycles. The largest absolute Gasteiger partial charge is 0.300 e. The number of nitrogens with zero attached hydrogens (tertiary/aromatic N) is 1. The third-order valence-electron chi connectivity index (χ3n) is 2.45. The van der Waals surface area contributed by atoms with E-state index in [1.54, 1.807) is 0 Å². The van der Waals surface area contributed by atoms with Crippen LogP contribution in [0.25, 0.3) is 0 Å². The van der Waals surface area contributed by atoms with E-state index in [0.29, 0.717) is 0 Å². The van der Waals surface area contributed by atoms with Crippen LogP contribution < -0.4 is 0 Å². The average molecular weight is 141 g/mol. The Balaban J connectivity index is 2.20. The van der Waals surface area contributed by atoms with Gasteiger partial charge >= 0.3 is 0 Å². The molecule has 0 spiro atoms. The first-order chi connectivity index (χ1) is 4.79. The van der Waals surface area contributed by atoms with Gasteiger partial charge in [0, 0.05) is 6.04 Å². The van der Waals surface area contributed by atoms with Crippen molar-refractivity contribution in [3.63, 3.8) is 0 Å². The van der Waals surface area contributed by atoms with Crippen molar-refractivity contribution in [1.29, 1.82) is 0 Å². The highest BCUT2D eigenvalue weighted by Crippen LogP contribution is 2.34. The third kappa shape index (κ3) is 1.72. The van der Waals surface area contributed by atoms with Gasteiger partial charge in [-0.2, -0.15) is 0 Å². The molecule has 10 heavy (non-hydrogen) atoms. The highest BCUT2D eigenvalue weighted by molar-refractivity contribution is 4.91. The highest BCUT2D eigenvalue weighted by Gasteiger charge is 2.36. The maximum atomic E-state index is 2.60. The van der Waals surface area contributed by atoms with Gasteiger partial charge in [-0.3, -0.25) is 0 Å². The molecule has 0 N–H and O–H groups in total. The second-order valence-electron chi connectivity index (χ2n) is 3.41. The Morgan fingerprint density at radius 2 is 2.00 bits per heavy atom. The summed E-state index contributed by atoms with van der Waals surface area (Å²) in [5.74, 6) is 0.978. The van der Waals surface area contributed by atoms with E-state index < -0.39 is 0 Å². The minimum Gasteiger partial charge on any atom is -0.300 e. The lowest BCUT2D eigenvalue weighted by molar-refractivity contribution is 0.268. The van der Waals surface area contributed by atoms with E-state index in [2.05, 4.69) is 25.7 Å². The molecule has 1 nitrogen and oxygen atoms in total. The van der Waals surface area contributed by atoms with Crippen LogP contribution in [0.15, 0.2) is 0 Å². The monoisotopic (exact) mass is 141 g/mol. The molecule has 0 saturated heterocycles. The topological polar surface area (TPSA) is 3.24 Å². The maximum Gasteiger partial charge on any atom is 0.0124 e. The molecule has 0 radical (unpaired) electrons. The normalized spacial score (nSPS) is 31.2. The summed E-state index contributed by atoms with van der Waals surface area (Å²) in [7, 11) is 0. The predicted octanol–water partition coefficient (Wildman–Crippen LogP) is 2.13. The van der Waals surface area contributed by atoms with Gasteiger partial charge in [0.2, 0.25) is 0 Å². The molecular weight excluding hydrogens is 122 g/mol. The fourth-order valence-electron chi connectivity index (χ4n) is 1.66. The molecule has 1 fully saturated rings. The van der Waals surface area contributed by atoms with Gasteiger partial charge in [0.25, 0.3) is 0 Å². The van der Waals surface area contributed by atoms with Crippen molar-refractivity contribution in [2.75, 3.05) is 13.1 Å². The van der Waals surface area contributed by atoms with Gasteiger partial charge in [0.1, 0.15) is 0 Å². The van der Waals surface area contributed by atoms with E-state index in [0.717, 1.165) is 12.0 Å². The lowest BCUT2D eigenvalue weighted by atomic mass is 10.3. The van der Waals surface area contributed by atoms with E-state index in [4.69, 9.17) is 0 Å². The standard InChI is InChI=1S/C9H19N/c1-4-6-10(5-2)9-7-8(9)3/h8-9H,4-7H2,1-3H3. The second-order valence-corrected chi connectivity index (χ2v) is 3.41. The van der Waals surface area contributed by atoms with Crippen LogP contribution in [0.2, 0.25) is 0 Å². The molecule has 0 heterocycles. The Labute approximate surface area is 64.4 Å². The molecular formula is C9H19N. The van der Waals surface area contributed by atoms with Crippen LogP contribution in [-0.2, 0) is 0 Å². The van der Waals surface area contributed by atoms with E-state index in [-0.39, 0.29) is 0 Å². The second kappa shape index (κ2) is 3.38. The van der Waals surface area contributed by atoms with Gasteiger partial charge < -0.3 is 4.90 Å². The molecule has 0 bridgehead atoms. The van der Waals surface area contributed by atoms with Gasteiger partial charge in [0.05, 0.1) is 0 Å². The summed E-state index contributed by atoms with van der Waals surface area (Å²) in [6, 6.07) is 0.935. The zero-order valence-corrected chi connectivity index (χ0v) is 7.43. The van der Waals surface area contributed by atoms with E-state index >= 15 is 0 Å². The van der Waals surface area contributed by atoms with Crippen LogP contribution in [0.1, 0.15) is 33.6 Å². The highest BCUT2D eigenvalue weighted by atomic mass is 15.2. The van der Waals surface area contributed by atoms with Crippen molar-refractivity contribution in [2.45, 2.75) is 39.7 Å². The van der Waals surface area contributed by atoms with Crippen molar-refractivity contribution < 1.29 is 0 Å². The van der Waals surface area contributed by atoms with Crippen LogP contribution in [0.4, 0.5) is 0 Å². The first-order valence-corrected chi connectivity index (χ1v) is 4.53. The maximum absolute atomic E-state index is 2.60. The fraction of sp³-hybridized carbons (Fsp3) is 1.00. The Kier molecular flexibility index (Phi) is 2.72. The fourth-order valence-corrected chi connectivity index (χ4v) is 1.66. The zero-order chi connectivity index (χ0) is 7.56. The van der Waals surface area contributed by atoms with Crippen LogP contribution >= 0.6 is 0 Å². The minimum atomic E-state index is 0.935. The van der Waals surface area contributed by atoms with Crippen molar-refractivity contribution in [2.24, 2.45) is 5.92 Å². The van der Waals surface area contributed by atoms with E-state index in [9.17, 15) is 0 Å². The molecule has 0 amide bonds. The van der Waals surface area contributed by atoms with Gasteiger partial charge in [-0.25, -0.2) is 0 Å². The first-order valence-electron chi connectivity index (χ1n) is 4.53. The molecule has 2 unspecified atom stereocenters. The molecule has 1 aliphatic carbocycles. The van der Waals surface area contributed by atoms with Crippen LogP contribution in [0.5, 0.6) is 0 Å². The van der Waals surface area contributed by atoms with Gasteiger partial charge in [-0.15, -0.1) is 0 Å². The Morgan fingerprint density at radius 1 is 1.40 bits per heavy atom. The summed E-state index contributed by atoms with van der Waals surface area (Å²) in [6.45, 7) is 9.41. The van der Waals surface area contributed by atoms with Crippen LogP contribution in [0.3, 0.4) is 0 Å². The molecule has 60 valence electrons. The number of rotatable bonds is 4. The van der Waals surface area contributed by atoms with Gasteiger partial charge in [0.15, 0.2) is 0 Å². The number of hydrogen-bond acceptors (Lipinski definition) is 1. The van der Waals surface area contributed by atoms with Crippen molar-refractivity contribution in [3.05, 3.63) is 0 Å². The quantitative estimate of drug-likeness (QED) is 0.579. The lowest BCUT2D eigenvalue weighted by Crippen LogP contribution is -2.27. The van der Waals surface area contributed by atoms with Gasteiger partial charge in [-0.1, -0.05) is 20.8 Å². The molecule has 0 aliphatic heterocycles. The Morgan fingerprint density at radius 3 is 2.30 bits per heavy atom. The molecule has 2 atom stereocenters. The lowest BCUT2D eigenvalue weighted by Gasteiger charge is -2.18. The molecule has 0 aromatic rings. The Hall–Kier alpha value is -0.0400. The van der Waals surface area contributed by atoms with Crippen molar-refractivity contribution in [1.82, 2.24) is 4.90 Å². The summed E-state index contributed by atoms with van der Waals surface area (Å²) < 4.78 is 0.